The van der Waals surface area contributed by atoms with Crippen LogP contribution < -0.4 is 4.90 Å². The van der Waals surface area contributed by atoms with Crippen LogP contribution in [0.1, 0.15) is 73.6 Å². The molecule has 61 heavy (non-hydrogen) atoms. The summed E-state index contributed by atoms with van der Waals surface area (Å²) in [6.07, 6.45) is 0. The first-order valence-corrected chi connectivity index (χ1v) is 21.7. The van der Waals surface area contributed by atoms with Crippen LogP contribution in [-0.4, -0.2) is 0 Å². The minimum absolute atomic E-state index is 0.0295. The SMILES string of the molecule is CC(C)(C)c1ccc(N(c2ccc3c(c2)-c2ccccc2C3(c2ccccc2)c2ccccc2)c2ccc3ccccc3c2-c2ccc3c(c2)C(C)(C)c2ccccc2-3)cc1. The molecule has 0 unspecified atom stereocenters. The summed E-state index contributed by atoms with van der Waals surface area (Å²) in [7, 11) is 0. The number of rotatable bonds is 6. The first kappa shape index (κ1) is 37.1. The second-order valence-corrected chi connectivity index (χ2v) is 18.5. The molecular weight excluding hydrogens is 735 g/mol. The highest BCUT2D eigenvalue weighted by Crippen LogP contribution is 2.58. The smallest absolute Gasteiger partial charge is 0.0713 e. The summed E-state index contributed by atoms with van der Waals surface area (Å²) in [6.45, 7) is 11.6. The van der Waals surface area contributed by atoms with E-state index in [4.69, 9.17) is 0 Å². The molecule has 0 aromatic heterocycles. The van der Waals surface area contributed by atoms with Crippen LogP contribution in [0.3, 0.4) is 0 Å². The molecule has 9 aromatic rings. The highest BCUT2D eigenvalue weighted by molar-refractivity contribution is 6.06. The summed E-state index contributed by atoms with van der Waals surface area (Å²) in [4.78, 5) is 2.51. The first-order chi connectivity index (χ1) is 29.7. The Balaban J connectivity index is 1.18. The predicted molar refractivity (Wildman–Crippen MR) is 258 cm³/mol. The van der Waals surface area contributed by atoms with Crippen molar-refractivity contribution in [2.45, 2.75) is 50.9 Å². The Hall–Kier alpha value is -6.96. The molecule has 0 spiro atoms. The van der Waals surface area contributed by atoms with Crippen LogP contribution in [0.4, 0.5) is 17.1 Å². The van der Waals surface area contributed by atoms with Crippen LogP contribution in [0.25, 0.3) is 44.2 Å². The molecule has 0 radical (unpaired) electrons. The lowest BCUT2D eigenvalue weighted by Gasteiger charge is -2.34. The Morgan fingerprint density at radius 2 is 0.967 bits per heavy atom. The van der Waals surface area contributed by atoms with Gasteiger partial charge in [0, 0.05) is 22.4 Å². The van der Waals surface area contributed by atoms with Gasteiger partial charge in [-0.05, 0) is 119 Å². The Morgan fingerprint density at radius 1 is 0.410 bits per heavy atom. The van der Waals surface area contributed by atoms with Crippen molar-refractivity contribution in [3.63, 3.8) is 0 Å². The van der Waals surface area contributed by atoms with Crippen LogP contribution in [0.5, 0.6) is 0 Å². The summed E-state index contributed by atoms with van der Waals surface area (Å²) >= 11 is 0. The van der Waals surface area contributed by atoms with Crippen molar-refractivity contribution in [2.24, 2.45) is 0 Å². The quantitative estimate of drug-likeness (QED) is 0.162. The molecule has 1 nitrogen and oxygen atoms in total. The van der Waals surface area contributed by atoms with Crippen LogP contribution in [0, 0.1) is 0 Å². The van der Waals surface area contributed by atoms with E-state index in [1.165, 1.54) is 83.1 Å². The van der Waals surface area contributed by atoms with Gasteiger partial charge in [-0.1, -0.05) is 204 Å². The van der Waals surface area contributed by atoms with Gasteiger partial charge in [0.1, 0.15) is 0 Å². The third kappa shape index (κ3) is 5.60. The van der Waals surface area contributed by atoms with Crippen LogP contribution in [0.2, 0.25) is 0 Å². The van der Waals surface area contributed by atoms with E-state index >= 15 is 0 Å². The molecule has 9 aromatic carbocycles. The van der Waals surface area contributed by atoms with Gasteiger partial charge in [0.2, 0.25) is 0 Å². The molecule has 1 heteroatoms. The average molecular weight is 784 g/mol. The van der Waals surface area contributed by atoms with Crippen molar-refractivity contribution in [1.82, 2.24) is 0 Å². The second kappa shape index (κ2) is 13.8. The van der Waals surface area contributed by atoms with E-state index in [1.807, 2.05) is 0 Å². The molecule has 2 aliphatic carbocycles. The van der Waals surface area contributed by atoms with Crippen molar-refractivity contribution < 1.29 is 0 Å². The molecule has 0 saturated carbocycles. The van der Waals surface area contributed by atoms with Gasteiger partial charge in [0.15, 0.2) is 0 Å². The van der Waals surface area contributed by atoms with E-state index in [2.05, 4.69) is 246 Å². The Labute approximate surface area is 360 Å². The molecule has 0 heterocycles. The first-order valence-electron chi connectivity index (χ1n) is 21.7. The summed E-state index contributed by atoms with van der Waals surface area (Å²) in [6, 6.07) is 77.4. The molecule has 0 amide bonds. The number of hydrogen-bond donors (Lipinski definition) is 0. The van der Waals surface area contributed by atoms with Crippen molar-refractivity contribution >= 4 is 27.8 Å². The molecule has 0 N–H and O–H groups in total. The van der Waals surface area contributed by atoms with E-state index in [0.29, 0.717) is 0 Å². The lowest BCUT2D eigenvalue weighted by atomic mass is 9.68. The highest BCUT2D eigenvalue weighted by Gasteiger charge is 2.46. The Bertz CT molecular complexity index is 3090. The molecule has 294 valence electrons. The maximum atomic E-state index is 2.51. The minimum atomic E-state index is -0.463. The van der Waals surface area contributed by atoms with Crippen molar-refractivity contribution in [1.29, 1.82) is 0 Å². The van der Waals surface area contributed by atoms with Crippen LogP contribution >= 0.6 is 0 Å². The Morgan fingerprint density at radius 3 is 1.66 bits per heavy atom. The number of anilines is 3. The van der Waals surface area contributed by atoms with Gasteiger partial charge in [-0.15, -0.1) is 0 Å². The lowest BCUT2D eigenvalue weighted by Crippen LogP contribution is -2.28. The molecule has 0 saturated heterocycles. The molecule has 0 bridgehead atoms. The van der Waals surface area contributed by atoms with Crippen molar-refractivity contribution in [2.75, 3.05) is 4.90 Å². The second-order valence-electron chi connectivity index (χ2n) is 18.5. The predicted octanol–water partition coefficient (Wildman–Crippen LogP) is 15.9. The van der Waals surface area contributed by atoms with Gasteiger partial charge in [0.05, 0.1) is 11.1 Å². The fourth-order valence-electron chi connectivity index (χ4n) is 10.7. The van der Waals surface area contributed by atoms with E-state index in [0.717, 1.165) is 17.1 Å². The van der Waals surface area contributed by atoms with E-state index < -0.39 is 5.41 Å². The topological polar surface area (TPSA) is 3.24 Å². The van der Waals surface area contributed by atoms with Gasteiger partial charge in [-0.3, -0.25) is 0 Å². The average Bonchev–Trinajstić information content (AvgIpc) is 3.72. The van der Waals surface area contributed by atoms with Crippen LogP contribution in [0.15, 0.2) is 206 Å². The fraction of sp³-hybridized carbons (Fsp3) is 0.133. The molecule has 0 atom stereocenters. The van der Waals surface area contributed by atoms with Gasteiger partial charge in [-0.25, -0.2) is 0 Å². The standard InChI is InChI=1S/C60H49N/c1-58(2,3)42-30-32-45(33-31-42)61(46-34-36-54-51(39-46)49-25-15-17-27-53(49)60(54,43-19-8-6-9-20-43)44-21-10-7-11-22-44)56-37-29-40-18-12-13-23-47(40)57(56)41-28-35-50-48-24-14-16-26-52(48)59(4,5)55(50)38-41/h6-39H,1-5H3. The van der Waals surface area contributed by atoms with Crippen LogP contribution in [-0.2, 0) is 16.2 Å². The number of fused-ring (bicyclic) bond motifs is 7. The molecule has 11 rings (SSSR count). The number of benzene rings is 9. The third-order valence-corrected chi connectivity index (χ3v) is 13.7. The summed E-state index contributed by atoms with van der Waals surface area (Å²) in [5.74, 6) is 0. The van der Waals surface area contributed by atoms with Crippen molar-refractivity contribution in [3.8, 4) is 33.4 Å². The zero-order valence-corrected chi connectivity index (χ0v) is 35.6. The van der Waals surface area contributed by atoms with Gasteiger partial charge < -0.3 is 4.90 Å². The highest BCUT2D eigenvalue weighted by atomic mass is 15.1. The van der Waals surface area contributed by atoms with Gasteiger partial charge >= 0.3 is 0 Å². The summed E-state index contributed by atoms with van der Waals surface area (Å²) < 4.78 is 0. The minimum Gasteiger partial charge on any atom is -0.310 e. The van der Waals surface area contributed by atoms with Crippen molar-refractivity contribution in [3.05, 3.63) is 245 Å². The third-order valence-electron chi connectivity index (χ3n) is 13.7. The van der Waals surface area contributed by atoms with E-state index in [9.17, 15) is 0 Å². The zero-order chi connectivity index (χ0) is 41.5. The maximum Gasteiger partial charge on any atom is 0.0713 e. The maximum absolute atomic E-state index is 2.51. The lowest BCUT2D eigenvalue weighted by molar-refractivity contribution is 0.590. The largest absolute Gasteiger partial charge is 0.310 e. The van der Waals surface area contributed by atoms with E-state index in [-0.39, 0.29) is 10.8 Å². The molecule has 0 aliphatic heterocycles. The fourth-order valence-corrected chi connectivity index (χ4v) is 10.7. The summed E-state index contributed by atoms with van der Waals surface area (Å²) in [5.41, 5.74) is 19.8. The molecular formula is C60H49N. The summed E-state index contributed by atoms with van der Waals surface area (Å²) in [5, 5.41) is 2.47. The molecule has 2 aliphatic rings. The van der Waals surface area contributed by atoms with Gasteiger partial charge in [-0.2, -0.15) is 0 Å². The zero-order valence-electron chi connectivity index (χ0n) is 35.6. The number of nitrogens with zero attached hydrogens (tertiary/aromatic N) is 1. The molecule has 0 fully saturated rings. The van der Waals surface area contributed by atoms with Gasteiger partial charge in [0.25, 0.3) is 0 Å². The van der Waals surface area contributed by atoms with E-state index in [1.54, 1.807) is 0 Å². The monoisotopic (exact) mass is 783 g/mol. The Kier molecular flexibility index (Phi) is 8.38. The normalized spacial score (nSPS) is 14.2. The number of hydrogen-bond acceptors (Lipinski definition) is 1.